The second-order valence-corrected chi connectivity index (χ2v) is 4.81. The van der Waals surface area contributed by atoms with E-state index in [-0.39, 0.29) is 6.04 Å². The fourth-order valence-corrected chi connectivity index (χ4v) is 2.35. The van der Waals surface area contributed by atoms with Gasteiger partial charge in [-0.3, -0.25) is 16.0 Å². The Hall–Kier alpha value is -0.430. The summed E-state index contributed by atoms with van der Waals surface area (Å²) in [5.41, 5.74) is 3.96. The number of nitrogens with zero attached hydrogens (tertiary/aromatic N) is 2. The van der Waals surface area contributed by atoms with Crippen molar-refractivity contribution < 1.29 is 4.74 Å². The predicted molar refractivity (Wildman–Crippen MR) is 71.4 cm³/mol. The van der Waals surface area contributed by atoms with Crippen molar-refractivity contribution in [2.24, 2.45) is 5.84 Å². The Morgan fingerprint density at radius 2 is 2.41 bits per heavy atom. The maximum absolute atomic E-state index is 5.63. The number of rotatable bonds is 8. The molecule has 1 rings (SSSR count). The van der Waals surface area contributed by atoms with Gasteiger partial charge in [0, 0.05) is 7.11 Å². The van der Waals surface area contributed by atoms with Crippen molar-refractivity contribution >= 4 is 15.9 Å². The average molecular weight is 305 g/mol. The number of methoxy groups -OCH3 is 1. The lowest BCUT2D eigenvalue weighted by Gasteiger charge is -2.18. The minimum atomic E-state index is 0.128. The van der Waals surface area contributed by atoms with Gasteiger partial charge in [-0.1, -0.05) is 19.8 Å². The summed E-state index contributed by atoms with van der Waals surface area (Å²) in [5.74, 6) is 5.63. The molecule has 1 aromatic rings. The van der Waals surface area contributed by atoms with E-state index in [1.165, 1.54) is 0 Å². The van der Waals surface area contributed by atoms with Gasteiger partial charge < -0.3 is 4.74 Å². The Morgan fingerprint density at radius 1 is 1.65 bits per heavy atom. The minimum Gasteiger partial charge on any atom is -0.383 e. The van der Waals surface area contributed by atoms with E-state index in [9.17, 15) is 0 Å². The number of aromatic nitrogens is 2. The normalized spacial score (nSPS) is 12.9. The molecule has 1 atom stereocenters. The Labute approximate surface area is 111 Å². The van der Waals surface area contributed by atoms with Crippen LogP contribution in [0.4, 0.5) is 0 Å². The number of unbranched alkanes of at least 4 members (excludes halogenated alkanes) is 1. The molecule has 0 aromatic carbocycles. The van der Waals surface area contributed by atoms with Crippen molar-refractivity contribution in [2.75, 3.05) is 13.7 Å². The first-order valence-corrected chi connectivity index (χ1v) is 6.70. The Balaban J connectivity index is 2.80. The van der Waals surface area contributed by atoms with Crippen LogP contribution in [0.15, 0.2) is 10.7 Å². The molecule has 0 aliphatic heterocycles. The molecule has 17 heavy (non-hydrogen) atoms. The summed E-state index contributed by atoms with van der Waals surface area (Å²) in [6.45, 7) is 3.55. The highest BCUT2D eigenvalue weighted by atomic mass is 79.9. The average Bonchev–Trinajstić information content (AvgIpc) is 2.70. The summed E-state index contributed by atoms with van der Waals surface area (Å²) in [6.07, 6.45) is 5.10. The van der Waals surface area contributed by atoms with Crippen LogP contribution < -0.4 is 11.3 Å². The third-order valence-corrected chi connectivity index (χ3v) is 3.33. The van der Waals surface area contributed by atoms with Crippen molar-refractivity contribution in [1.82, 2.24) is 15.2 Å². The first kappa shape index (κ1) is 14.6. The lowest BCUT2D eigenvalue weighted by molar-refractivity contribution is 0.181. The minimum absolute atomic E-state index is 0.128. The molecule has 6 heteroatoms. The van der Waals surface area contributed by atoms with Crippen LogP contribution in [0.5, 0.6) is 0 Å². The van der Waals surface area contributed by atoms with Crippen LogP contribution in [0.2, 0.25) is 0 Å². The zero-order valence-electron chi connectivity index (χ0n) is 10.4. The van der Waals surface area contributed by atoms with Crippen molar-refractivity contribution in [1.29, 1.82) is 0 Å². The Bertz CT molecular complexity index is 329. The van der Waals surface area contributed by atoms with Crippen molar-refractivity contribution in [3.05, 3.63) is 16.4 Å². The Kier molecular flexibility index (Phi) is 6.72. The topological polar surface area (TPSA) is 65.1 Å². The molecule has 0 saturated carbocycles. The van der Waals surface area contributed by atoms with E-state index in [4.69, 9.17) is 10.6 Å². The van der Waals surface area contributed by atoms with E-state index in [0.717, 1.165) is 36.0 Å². The van der Waals surface area contributed by atoms with Crippen molar-refractivity contribution in [3.8, 4) is 0 Å². The van der Waals surface area contributed by atoms with E-state index in [1.807, 2.05) is 4.68 Å². The third-order valence-electron chi connectivity index (χ3n) is 2.72. The molecular weight excluding hydrogens is 284 g/mol. The van der Waals surface area contributed by atoms with Gasteiger partial charge in [-0.2, -0.15) is 5.10 Å². The largest absolute Gasteiger partial charge is 0.383 e. The van der Waals surface area contributed by atoms with Crippen LogP contribution in [0, 0.1) is 0 Å². The van der Waals surface area contributed by atoms with Crippen molar-refractivity contribution in [3.63, 3.8) is 0 Å². The number of nitrogens with one attached hydrogen (secondary N) is 1. The molecule has 3 N–H and O–H groups in total. The third kappa shape index (κ3) is 4.06. The molecule has 0 spiro atoms. The van der Waals surface area contributed by atoms with E-state index in [0.29, 0.717) is 6.61 Å². The molecule has 0 radical (unpaired) electrons. The highest BCUT2D eigenvalue weighted by molar-refractivity contribution is 9.10. The first-order valence-electron chi connectivity index (χ1n) is 5.90. The molecule has 5 nitrogen and oxygen atoms in total. The summed E-state index contributed by atoms with van der Waals surface area (Å²) in [6, 6.07) is 0.128. The van der Waals surface area contributed by atoms with Gasteiger partial charge >= 0.3 is 0 Å². The van der Waals surface area contributed by atoms with Crippen LogP contribution in [-0.4, -0.2) is 23.5 Å². The summed E-state index contributed by atoms with van der Waals surface area (Å²) in [7, 11) is 1.69. The molecule has 0 saturated heterocycles. The van der Waals surface area contributed by atoms with Gasteiger partial charge in [0.25, 0.3) is 0 Å². The summed E-state index contributed by atoms with van der Waals surface area (Å²) >= 11 is 3.52. The molecule has 1 unspecified atom stereocenters. The standard InChI is InChI=1S/C11H21BrN4O/c1-3-4-5-10(15-13)11-9(12)8-14-16(11)6-7-17-2/h8,10,15H,3-7,13H2,1-2H3. The summed E-state index contributed by atoms with van der Waals surface area (Å²) in [5, 5.41) is 4.32. The molecule has 0 bridgehead atoms. The number of halogens is 1. The predicted octanol–water partition coefficient (Wildman–Crippen LogP) is 1.99. The summed E-state index contributed by atoms with van der Waals surface area (Å²) in [4.78, 5) is 0. The second kappa shape index (κ2) is 7.81. The van der Waals surface area contributed by atoms with Crippen molar-refractivity contribution in [2.45, 2.75) is 38.8 Å². The quantitative estimate of drug-likeness (QED) is 0.569. The number of ether oxygens (including phenoxy) is 1. The smallest absolute Gasteiger partial charge is 0.0710 e. The van der Waals surface area contributed by atoms with Crippen LogP contribution in [0.25, 0.3) is 0 Å². The van der Waals surface area contributed by atoms with Gasteiger partial charge in [0.2, 0.25) is 0 Å². The molecule has 0 aliphatic rings. The van der Waals surface area contributed by atoms with Gasteiger partial charge in [-0.15, -0.1) is 0 Å². The lowest BCUT2D eigenvalue weighted by Crippen LogP contribution is -2.30. The van der Waals surface area contributed by atoms with E-state index in [1.54, 1.807) is 13.3 Å². The van der Waals surface area contributed by atoms with Gasteiger partial charge in [0.05, 0.1) is 35.6 Å². The molecule has 0 fully saturated rings. The molecule has 98 valence electrons. The number of hydrogen-bond acceptors (Lipinski definition) is 4. The number of hydrazine groups is 1. The molecular formula is C11H21BrN4O. The van der Waals surface area contributed by atoms with Gasteiger partial charge in [-0.25, -0.2) is 0 Å². The van der Waals surface area contributed by atoms with Crippen LogP contribution in [0.1, 0.15) is 37.9 Å². The molecule has 1 heterocycles. The molecule has 0 aliphatic carbocycles. The Morgan fingerprint density at radius 3 is 3.00 bits per heavy atom. The summed E-state index contributed by atoms with van der Waals surface area (Å²) < 4.78 is 8.01. The maximum Gasteiger partial charge on any atom is 0.0710 e. The molecule has 0 amide bonds. The number of nitrogens with two attached hydrogens (primary N) is 1. The van der Waals surface area contributed by atoms with Gasteiger partial charge in [0.15, 0.2) is 0 Å². The highest BCUT2D eigenvalue weighted by Gasteiger charge is 2.18. The lowest BCUT2D eigenvalue weighted by atomic mass is 10.1. The van der Waals surface area contributed by atoms with Crippen LogP contribution in [0.3, 0.4) is 0 Å². The van der Waals surface area contributed by atoms with E-state index >= 15 is 0 Å². The zero-order chi connectivity index (χ0) is 12.7. The number of hydrogen-bond donors (Lipinski definition) is 2. The van der Waals surface area contributed by atoms with Gasteiger partial charge in [0.1, 0.15) is 0 Å². The zero-order valence-corrected chi connectivity index (χ0v) is 12.0. The van der Waals surface area contributed by atoms with Gasteiger partial charge in [-0.05, 0) is 22.4 Å². The van der Waals surface area contributed by atoms with Crippen LogP contribution in [-0.2, 0) is 11.3 Å². The van der Waals surface area contributed by atoms with Crippen LogP contribution >= 0.6 is 15.9 Å². The SMILES string of the molecule is CCCCC(NN)c1c(Br)cnn1CCOC. The van der Waals surface area contributed by atoms with E-state index in [2.05, 4.69) is 33.4 Å². The fraction of sp³-hybridized carbons (Fsp3) is 0.727. The van der Waals surface area contributed by atoms with E-state index < -0.39 is 0 Å². The fourth-order valence-electron chi connectivity index (χ4n) is 1.78. The monoisotopic (exact) mass is 304 g/mol. The highest BCUT2D eigenvalue weighted by Crippen LogP contribution is 2.26. The molecule has 1 aromatic heterocycles. The second-order valence-electron chi connectivity index (χ2n) is 3.96. The maximum atomic E-state index is 5.63. The first-order chi connectivity index (χ1) is 8.24.